The Kier molecular flexibility index (Phi) is 5.14. The van der Waals surface area contributed by atoms with Gasteiger partial charge in [-0.15, -0.1) is 17.9 Å². The van der Waals surface area contributed by atoms with Gasteiger partial charge in [0, 0.05) is 46.6 Å². The maximum absolute atomic E-state index is 10.2. The monoisotopic (exact) mass is 434 g/mol. The lowest BCUT2D eigenvalue weighted by molar-refractivity contribution is 0.0137. The van der Waals surface area contributed by atoms with E-state index in [1.54, 1.807) is 29.2 Å². The van der Waals surface area contributed by atoms with Crippen molar-refractivity contribution in [3.05, 3.63) is 57.8 Å². The summed E-state index contributed by atoms with van der Waals surface area (Å²) in [4.78, 5) is 6.25. The first-order valence-corrected chi connectivity index (χ1v) is 11.4. The molecule has 4 nitrogen and oxygen atoms in total. The van der Waals surface area contributed by atoms with E-state index >= 15 is 0 Å². The second-order valence-electron chi connectivity index (χ2n) is 7.86. The van der Waals surface area contributed by atoms with Gasteiger partial charge in [0.15, 0.2) is 5.17 Å². The summed E-state index contributed by atoms with van der Waals surface area (Å²) in [6.45, 7) is 8.13. The number of halogens is 1. The predicted molar refractivity (Wildman–Crippen MR) is 119 cm³/mol. The molecule has 2 atom stereocenters. The van der Waals surface area contributed by atoms with E-state index in [0.717, 1.165) is 29.3 Å². The molecule has 0 fully saturated rings. The molecule has 0 bridgehead atoms. The third kappa shape index (κ3) is 3.78. The zero-order chi connectivity index (χ0) is 19.9. The number of aromatic hydroxyl groups is 1. The third-order valence-corrected chi connectivity index (χ3v) is 7.13. The van der Waals surface area contributed by atoms with Crippen molar-refractivity contribution in [2.75, 3.05) is 5.75 Å². The van der Waals surface area contributed by atoms with Crippen molar-refractivity contribution < 1.29 is 9.84 Å². The molecule has 0 amide bonds. The molecule has 148 valence electrons. The number of fused-ring (bicyclic) bond motifs is 1. The van der Waals surface area contributed by atoms with Crippen molar-refractivity contribution in [2.24, 2.45) is 4.99 Å². The van der Waals surface area contributed by atoms with E-state index in [2.05, 4.69) is 43.3 Å². The van der Waals surface area contributed by atoms with Crippen LogP contribution in [-0.4, -0.2) is 27.3 Å². The Morgan fingerprint density at radius 2 is 2.32 bits per heavy atom. The molecule has 2 aliphatic rings. The zero-order valence-corrected chi connectivity index (χ0v) is 18.3. The molecule has 0 radical (unpaired) electrons. The number of hydrogen-bond donors (Lipinski definition) is 2. The van der Waals surface area contributed by atoms with E-state index in [0.29, 0.717) is 10.8 Å². The van der Waals surface area contributed by atoms with Crippen molar-refractivity contribution in [3.8, 4) is 11.5 Å². The minimum atomic E-state index is -0.694. The van der Waals surface area contributed by atoms with E-state index in [-0.39, 0.29) is 17.2 Å². The van der Waals surface area contributed by atoms with Crippen LogP contribution in [0.5, 0.6) is 11.5 Å². The molecule has 0 aliphatic carbocycles. The van der Waals surface area contributed by atoms with Crippen LogP contribution < -0.4 is 10.1 Å². The SMILES string of the molecule is C=CCSC1=N[C@]2(C[C@H](c3cccs3)c3cc(Cl)c(O)cc3O2)CC(C)(C)N1. The number of phenolic OH excluding ortho intramolecular Hbond substituents is 1. The van der Waals surface area contributed by atoms with Gasteiger partial charge in [-0.1, -0.05) is 35.5 Å². The lowest BCUT2D eigenvalue weighted by Gasteiger charge is -2.47. The highest BCUT2D eigenvalue weighted by Gasteiger charge is 2.48. The molecule has 0 unspecified atom stereocenters. The number of amidine groups is 1. The summed E-state index contributed by atoms with van der Waals surface area (Å²) < 4.78 is 6.49. The molecule has 28 heavy (non-hydrogen) atoms. The molecule has 0 saturated heterocycles. The number of thioether (sulfide) groups is 1. The van der Waals surface area contributed by atoms with Gasteiger partial charge in [-0.3, -0.25) is 0 Å². The van der Waals surface area contributed by atoms with Crippen LogP contribution in [0.1, 0.15) is 43.0 Å². The number of rotatable bonds is 3. The van der Waals surface area contributed by atoms with Gasteiger partial charge in [-0.2, -0.15) is 0 Å². The Hall–Kier alpha value is -1.63. The molecule has 1 aromatic heterocycles. The molecular weight excluding hydrogens is 412 g/mol. The summed E-state index contributed by atoms with van der Waals surface area (Å²) in [5.41, 5.74) is 0.139. The van der Waals surface area contributed by atoms with Crippen LogP contribution in [0.3, 0.4) is 0 Å². The van der Waals surface area contributed by atoms with Crippen LogP contribution in [-0.2, 0) is 0 Å². The second-order valence-corrected chi connectivity index (χ2v) is 10.3. The first kappa shape index (κ1) is 19.7. The lowest BCUT2D eigenvalue weighted by atomic mass is 9.80. The fourth-order valence-electron chi connectivity index (χ4n) is 4.00. The van der Waals surface area contributed by atoms with Crippen molar-refractivity contribution in [1.29, 1.82) is 0 Å². The highest BCUT2D eigenvalue weighted by Crippen LogP contribution is 2.51. The van der Waals surface area contributed by atoms with Gasteiger partial charge in [0.1, 0.15) is 11.5 Å². The van der Waals surface area contributed by atoms with Gasteiger partial charge >= 0.3 is 0 Å². The molecule has 3 heterocycles. The number of nitrogens with one attached hydrogen (secondary N) is 1. The topological polar surface area (TPSA) is 53.9 Å². The Morgan fingerprint density at radius 3 is 3.04 bits per heavy atom. The van der Waals surface area contributed by atoms with Crippen molar-refractivity contribution in [1.82, 2.24) is 5.32 Å². The molecule has 1 aromatic carbocycles. The summed E-state index contributed by atoms with van der Waals surface area (Å²) in [5, 5.41) is 17.0. The molecule has 4 rings (SSSR count). The van der Waals surface area contributed by atoms with E-state index in [9.17, 15) is 5.11 Å². The van der Waals surface area contributed by atoms with Gasteiger partial charge in [0.25, 0.3) is 0 Å². The lowest BCUT2D eigenvalue weighted by Crippen LogP contribution is -2.57. The van der Waals surface area contributed by atoms with Crippen LogP contribution in [0, 0.1) is 0 Å². The molecule has 2 aromatic rings. The van der Waals surface area contributed by atoms with Crippen molar-refractivity contribution >= 4 is 39.9 Å². The molecular formula is C21H23ClN2O2S2. The van der Waals surface area contributed by atoms with Gasteiger partial charge in [0.2, 0.25) is 5.72 Å². The van der Waals surface area contributed by atoms with Crippen molar-refractivity contribution in [2.45, 2.75) is 43.9 Å². The van der Waals surface area contributed by atoms with Gasteiger partial charge in [0.05, 0.1) is 5.02 Å². The largest absolute Gasteiger partial charge is 0.506 e. The summed E-state index contributed by atoms with van der Waals surface area (Å²) in [5.74, 6) is 1.58. The minimum Gasteiger partial charge on any atom is -0.506 e. The molecule has 1 spiro atoms. The highest BCUT2D eigenvalue weighted by molar-refractivity contribution is 8.13. The summed E-state index contributed by atoms with van der Waals surface area (Å²) in [7, 11) is 0. The third-order valence-electron chi connectivity index (χ3n) is 4.97. The number of thiophene rings is 1. The van der Waals surface area contributed by atoms with Crippen LogP contribution in [0.2, 0.25) is 5.02 Å². The Labute approximate surface area is 178 Å². The van der Waals surface area contributed by atoms with Gasteiger partial charge in [-0.25, -0.2) is 4.99 Å². The number of hydrogen-bond acceptors (Lipinski definition) is 6. The number of benzene rings is 1. The standard InChI is InChI=1S/C21H23ClN2O2S2/c1-4-7-28-19-23-20(2,3)12-21(24-19)11-14(18-6-5-8-27-18)13-9-15(22)16(25)10-17(13)26-21/h4-6,8-10,14,25H,1,7,11-12H2,2-3H3,(H,23,24)/t14-,21-/m0/s1. The molecule has 2 aliphatic heterocycles. The predicted octanol–water partition coefficient (Wildman–Crippen LogP) is 5.76. The number of phenols is 1. The van der Waals surface area contributed by atoms with E-state index < -0.39 is 5.72 Å². The van der Waals surface area contributed by atoms with Crippen LogP contribution in [0.25, 0.3) is 0 Å². The van der Waals surface area contributed by atoms with Crippen LogP contribution in [0.15, 0.2) is 47.3 Å². The zero-order valence-electron chi connectivity index (χ0n) is 15.9. The Morgan fingerprint density at radius 1 is 1.50 bits per heavy atom. The number of aliphatic imine (C=N–C) groups is 1. The van der Waals surface area contributed by atoms with Gasteiger partial charge in [-0.05, 0) is 31.4 Å². The average molecular weight is 435 g/mol. The average Bonchev–Trinajstić information content (AvgIpc) is 3.14. The second kappa shape index (κ2) is 7.32. The quantitative estimate of drug-likeness (QED) is 0.602. The fraction of sp³-hybridized carbons (Fsp3) is 0.381. The molecule has 7 heteroatoms. The van der Waals surface area contributed by atoms with Gasteiger partial charge < -0.3 is 15.2 Å². The summed E-state index contributed by atoms with van der Waals surface area (Å²) in [6, 6.07) is 7.65. The first-order valence-electron chi connectivity index (χ1n) is 9.17. The Bertz CT molecular complexity index is 927. The summed E-state index contributed by atoms with van der Waals surface area (Å²) in [6.07, 6.45) is 3.32. The number of ether oxygens (including phenoxy) is 1. The van der Waals surface area contributed by atoms with E-state index in [4.69, 9.17) is 21.3 Å². The maximum atomic E-state index is 10.2. The Balaban J connectivity index is 1.82. The number of nitrogens with zero attached hydrogens (tertiary/aromatic N) is 1. The normalized spacial score (nSPS) is 25.4. The van der Waals surface area contributed by atoms with Crippen molar-refractivity contribution in [3.63, 3.8) is 0 Å². The maximum Gasteiger partial charge on any atom is 0.206 e. The van der Waals surface area contributed by atoms with Crippen LogP contribution >= 0.6 is 34.7 Å². The van der Waals surface area contributed by atoms with Crippen LogP contribution in [0.4, 0.5) is 0 Å². The van der Waals surface area contributed by atoms with E-state index in [1.807, 2.05) is 12.1 Å². The highest BCUT2D eigenvalue weighted by atomic mass is 35.5. The molecule has 2 N–H and O–H groups in total. The first-order chi connectivity index (χ1) is 13.3. The smallest absolute Gasteiger partial charge is 0.206 e. The fourth-order valence-corrected chi connectivity index (χ4v) is 5.87. The molecule has 0 saturated carbocycles. The summed E-state index contributed by atoms with van der Waals surface area (Å²) >= 11 is 9.57. The minimum absolute atomic E-state index is 0.0285. The van der Waals surface area contributed by atoms with E-state index in [1.165, 1.54) is 4.88 Å².